The molecular formula is C12H19N5O5S. The number of carboxylic acids is 1. The number of nitrogens with two attached hydrogens (primary N) is 1. The van der Waals surface area contributed by atoms with Crippen molar-refractivity contribution < 1.29 is 24.3 Å². The Kier molecular flexibility index (Phi) is 6.69. The molecule has 0 unspecified atom stereocenters. The van der Waals surface area contributed by atoms with E-state index in [1.165, 1.54) is 0 Å². The van der Waals surface area contributed by atoms with E-state index >= 15 is 0 Å². The number of amides is 1. The van der Waals surface area contributed by atoms with Gasteiger partial charge in [0.15, 0.2) is 5.13 Å². The third-order valence-corrected chi connectivity index (χ3v) is 2.64. The summed E-state index contributed by atoms with van der Waals surface area (Å²) in [6, 6.07) is 0. The number of aromatic nitrogens is 2. The molecule has 1 rings (SSSR count). The van der Waals surface area contributed by atoms with Crippen molar-refractivity contribution in [1.82, 2.24) is 14.7 Å². The van der Waals surface area contributed by atoms with Gasteiger partial charge in [-0.1, -0.05) is 5.16 Å². The summed E-state index contributed by atoms with van der Waals surface area (Å²) >= 11 is 0.861. The summed E-state index contributed by atoms with van der Waals surface area (Å²) in [5.41, 5.74) is 4.39. The van der Waals surface area contributed by atoms with Crippen molar-refractivity contribution >= 4 is 34.4 Å². The van der Waals surface area contributed by atoms with Gasteiger partial charge < -0.3 is 25.7 Å². The zero-order valence-electron chi connectivity index (χ0n) is 13.0. The van der Waals surface area contributed by atoms with Crippen LogP contribution in [0.15, 0.2) is 5.16 Å². The van der Waals surface area contributed by atoms with Gasteiger partial charge >= 0.3 is 12.1 Å². The lowest BCUT2D eigenvalue weighted by Gasteiger charge is -2.19. The Hall–Kier alpha value is -2.43. The molecule has 10 nitrogen and oxygen atoms in total. The topological polar surface area (TPSA) is 149 Å². The number of carbonyl (C=O) groups is 2. The lowest BCUT2D eigenvalue weighted by molar-refractivity contribution is -0.129. The average Bonchev–Trinajstić information content (AvgIpc) is 2.81. The third kappa shape index (κ3) is 7.40. The Morgan fingerprint density at radius 3 is 2.65 bits per heavy atom. The van der Waals surface area contributed by atoms with E-state index in [0.29, 0.717) is 13.0 Å². The summed E-state index contributed by atoms with van der Waals surface area (Å²) in [4.78, 5) is 31.0. The minimum Gasteiger partial charge on any atom is -0.476 e. The van der Waals surface area contributed by atoms with E-state index in [0.717, 1.165) is 11.5 Å². The predicted octanol–water partition coefficient (Wildman–Crippen LogP) is 0.840. The Balaban J connectivity index is 2.34. The quantitative estimate of drug-likeness (QED) is 0.374. The maximum atomic E-state index is 11.4. The van der Waals surface area contributed by atoms with E-state index < -0.39 is 23.4 Å². The smallest absolute Gasteiger partial charge is 0.407 e. The van der Waals surface area contributed by atoms with E-state index in [1.54, 1.807) is 20.8 Å². The highest BCUT2D eigenvalue weighted by Gasteiger charge is 2.19. The Morgan fingerprint density at radius 2 is 2.13 bits per heavy atom. The number of carboxylic acid groups (broad SMARTS) is 1. The molecule has 1 amide bonds. The highest BCUT2D eigenvalue weighted by atomic mass is 32.1. The molecule has 0 aliphatic heterocycles. The average molecular weight is 345 g/mol. The monoisotopic (exact) mass is 345 g/mol. The fourth-order valence-corrected chi connectivity index (χ4v) is 1.69. The first-order chi connectivity index (χ1) is 10.7. The standard InChI is InChI=1S/C12H19N5O5S/c1-12(2,3)22-11(20)14-5-4-6-21-16-7(9(18)19)8-15-10(13)23-17-8/h4-6H2,1-3H3,(H,14,20)(H,18,19)(H2,13,15,17)/b16-7+. The fraction of sp³-hybridized carbons (Fsp3) is 0.583. The fourth-order valence-electron chi connectivity index (χ4n) is 1.26. The summed E-state index contributed by atoms with van der Waals surface area (Å²) in [5, 5.41) is 15.2. The van der Waals surface area contributed by atoms with Crippen LogP contribution in [0.1, 0.15) is 33.0 Å². The molecule has 1 heterocycles. The second kappa shape index (κ2) is 8.27. The molecule has 0 fully saturated rings. The molecule has 0 saturated heterocycles. The van der Waals surface area contributed by atoms with Crippen LogP contribution in [-0.4, -0.2) is 51.0 Å². The molecule has 4 N–H and O–H groups in total. The van der Waals surface area contributed by atoms with E-state index in [4.69, 9.17) is 20.4 Å². The highest BCUT2D eigenvalue weighted by Crippen LogP contribution is 2.07. The van der Waals surface area contributed by atoms with Crippen LogP contribution in [0.2, 0.25) is 0 Å². The SMILES string of the molecule is CC(C)(C)OC(=O)NCCCO/N=C(/C(=O)O)c1nsc(N)n1. The van der Waals surface area contributed by atoms with Crippen LogP contribution >= 0.6 is 11.5 Å². The van der Waals surface area contributed by atoms with Crippen molar-refractivity contribution in [2.75, 3.05) is 18.9 Å². The first-order valence-electron chi connectivity index (χ1n) is 6.68. The number of rotatable bonds is 7. The molecule has 0 radical (unpaired) electrons. The summed E-state index contributed by atoms with van der Waals surface area (Å²) < 4.78 is 8.80. The van der Waals surface area contributed by atoms with Crippen LogP contribution in [0.5, 0.6) is 0 Å². The summed E-state index contributed by atoms with van der Waals surface area (Å²) in [6.07, 6.45) is -0.114. The molecule has 0 bridgehead atoms. The van der Waals surface area contributed by atoms with Crippen molar-refractivity contribution in [3.8, 4) is 0 Å². The molecular weight excluding hydrogens is 326 g/mol. The van der Waals surface area contributed by atoms with E-state index in [2.05, 4.69) is 19.8 Å². The second-order valence-corrected chi connectivity index (χ2v) is 6.10. The van der Waals surface area contributed by atoms with E-state index in [-0.39, 0.29) is 17.6 Å². The number of nitrogen functional groups attached to an aromatic ring is 1. The van der Waals surface area contributed by atoms with Gasteiger partial charge in [-0.2, -0.15) is 9.36 Å². The molecule has 0 aliphatic rings. The molecule has 23 heavy (non-hydrogen) atoms. The van der Waals surface area contributed by atoms with E-state index in [9.17, 15) is 9.59 Å². The number of hydrogen-bond acceptors (Lipinski definition) is 9. The van der Waals surface area contributed by atoms with Crippen molar-refractivity contribution in [3.05, 3.63) is 5.82 Å². The van der Waals surface area contributed by atoms with Gasteiger partial charge in [0.05, 0.1) is 0 Å². The zero-order valence-corrected chi connectivity index (χ0v) is 13.8. The lowest BCUT2D eigenvalue weighted by Crippen LogP contribution is -2.33. The van der Waals surface area contributed by atoms with Crippen LogP contribution < -0.4 is 11.1 Å². The summed E-state index contributed by atoms with van der Waals surface area (Å²) in [6.45, 7) is 5.69. The Bertz CT molecular complexity index is 581. The highest BCUT2D eigenvalue weighted by molar-refractivity contribution is 7.09. The lowest BCUT2D eigenvalue weighted by atomic mass is 10.2. The van der Waals surface area contributed by atoms with Crippen molar-refractivity contribution in [3.63, 3.8) is 0 Å². The first-order valence-corrected chi connectivity index (χ1v) is 7.46. The number of anilines is 1. The van der Waals surface area contributed by atoms with Gasteiger partial charge in [-0.25, -0.2) is 9.59 Å². The molecule has 0 atom stereocenters. The number of oxime groups is 1. The molecule has 1 aromatic rings. The van der Waals surface area contributed by atoms with Crippen molar-refractivity contribution in [2.45, 2.75) is 32.8 Å². The van der Waals surface area contributed by atoms with Gasteiger partial charge in [-0.05, 0) is 20.8 Å². The minimum absolute atomic E-state index is 0.103. The minimum atomic E-state index is -1.32. The van der Waals surface area contributed by atoms with Crippen LogP contribution in [0, 0.1) is 0 Å². The second-order valence-electron chi connectivity index (χ2n) is 5.32. The van der Waals surface area contributed by atoms with Crippen molar-refractivity contribution in [1.29, 1.82) is 0 Å². The molecule has 0 spiro atoms. The van der Waals surface area contributed by atoms with Crippen LogP contribution in [0.4, 0.5) is 9.93 Å². The van der Waals surface area contributed by atoms with Crippen LogP contribution in [0.3, 0.4) is 0 Å². The molecule has 1 aromatic heterocycles. The molecule has 0 saturated carbocycles. The molecule has 11 heteroatoms. The Labute approximate surface area is 136 Å². The molecule has 0 aromatic carbocycles. The number of aliphatic carboxylic acids is 1. The van der Waals surface area contributed by atoms with Gasteiger partial charge in [-0.15, -0.1) is 0 Å². The molecule has 0 aliphatic carbocycles. The predicted molar refractivity (Wildman–Crippen MR) is 83.3 cm³/mol. The Morgan fingerprint density at radius 1 is 1.43 bits per heavy atom. The first kappa shape index (κ1) is 18.6. The number of nitrogens with zero attached hydrogens (tertiary/aromatic N) is 3. The summed E-state index contributed by atoms with van der Waals surface area (Å²) in [5.74, 6) is -1.43. The normalized spacial score (nSPS) is 11.9. The third-order valence-electron chi connectivity index (χ3n) is 2.09. The molecule has 128 valence electrons. The van der Waals surface area contributed by atoms with Crippen LogP contribution in [0.25, 0.3) is 0 Å². The number of nitrogens with one attached hydrogen (secondary N) is 1. The maximum absolute atomic E-state index is 11.4. The van der Waals surface area contributed by atoms with Crippen LogP contribution in [-0.2, 0) is 14.4 Å². The number of hydrogen-bond donors (Lipinski definition) is 3. The van der Waals surface area contributed by atoms with Gasteiger partial charge in [-0.3, -0.25) is 0 Å². The van der Waals surface area contributed by atoms with Gasteiger partial charge in [0.25, 0.3) is 0 Å². The van der Waals surface area contributed by atoms with Gasteiger partial charge in [0.1, 0.15) is 12.2 Å². The largest absolute Gasteiger partial charge is 0.476 e. The number of alkyl carbamates (subject to hydrolysis) is 1. The van der Waals surface area contributed by atoms with Gasteiger partial charge in [0.2, 0.25) is 11.5 Å². The number of carbonyl (C=O) groups excluding carboxylic acids is 1. The van der Waals surface area contributed by atoms with Crippen molar-refractivity contribution in [2.24, 2.45) is 5.16 Å². The maximum Gasteiger partial charge on any atom is 0.407 e. The summed E-state index contributed by atoms with van der Waals surface area (Å²) in [7, 11) is 0. The zero-order chi connectivity index (χ0) is 17.5. The van der Waals surface area contributed by atoms with E-state index in [1.807, 2.05) is 0 Å². The number of ether oxygens (including phenoxy) is 1. The van der Waals surface area contributed by atoms with Gasteiger partial charge in [0, 0.05) is 24.5 Å².